The molecule has 10 heavy (non-hydrogen) atoms. The number of hydrogen-bond donors (Lipinski definition) is 0. The normalized spacial score (nSPS) is 23.8. The van der Waals surface area contributed by atoms with Crippen LogP contribution in [0.1, 0.15) is 32.6 Å². The lowest BCUT2D eigenvalue weighted by atomic mass is 9.83. The smallest absolute Gasteiger partial charge is 0.230 e. The first-order valence-electron chi connectivity index (χ1n) is 3.57. The fourth-order valence-corrected chi connectivity index (χ4v) is 1.18. The average Bonchev–Trinajstić information content (AvgIpc) is 1.96. The predicted octanol–water partition coefficient (Wildman–Crippen LogP) is 1.81. The number of rotatable bonds is 0. The number of carbonyl (C=O) groups excluding carboxylic acids is 1. The molecule has 0 N–H and O–H groups in total. The molecule has 1 aliphatic rings. The summed E-state index contributed by atoms with van der Waals surface area (Å²) in [6.07, 6.45) is 2.74. The van der Waals surface area contributed by atoms with Gasteiger partial charge in [0.25, 0.3) is 0 Å². The summed E-state index contributed by atoms with van der Waals surface area (Å²) < 4.78 is 0. The first kappa shape index (κ1) is 7.27. The zero-order chi connectivity index (χ0) is 7.61. The zero-order valence-electron chi connectivity index (χ0n) is 6.18. The molecular weight excluding hydrogens is 126 g/mol. The van der Waals surface area contributed by atoms with Crippen LogP contribution in [-0.4, -0.2) is 11.3 Å². The van der Waals surface area contributed by atoms with Gasteiger partial charge in [-0.3, -0.25) is 4.79 Å². The summed E-state index contributed by atoms with van der Waals surface area (Å²) >= 11 is 0. The molecule has 0 spiro atoms. The third-order valence-corrected chi connectivity index (χ3v) is 2.15. The Morgan fingerprint density at radius 3 is 2.40 bits per heavy atom. The minimum atomic E-state index is -0.228. The van der Waals surface area contributed by atoms with Crippen molar-refractivity contribution in [3.8, 4) is 0 Å². The Kier molecular flexibility index (Phi) is 1.76. The van der Waals surface area contributed by atoms with Gasteiger partial charge in [0.2, 0.25) is 5.54 Å². The molecule has 0 amide bonds. The van der Waals surface area contributed by atoms with Crippen molar-refractivity contribution in [2.45, 2.75) is 38.1 Å². The van der Waals surface area contributed by atoms with Gasteiger partial charge in [0.1, 0.15) is 5.78 Å². The van der Waals surface area contributed by atoms with Gasteiger partial charge in [0, 0.05) is 32.6 Å². The van der Waals surface area contributed by atoms with Crippen molar-refractivity contribution in [2.75, 3.05) is 0 Å². The molecule has 2 heteroatoms. The molecule has 2 nitrogen and oxygen atoms in total. The van der Waals surface area contributed by atoms with E-state index in [0.717, 1.165) is 12.8 Å². The van der Waals surface area contributed by atoms with Gasteiger partial charge in [-0.15, -0.1) is 0 Å². The third-order valence-electron chi connectivity index (χ3n) is 2.15. The van der Waals surface area contributed by atoms with Gasteiger partial charge >= 0.3 is 0 Å². The van der Waals surface area contributed by atoms with Crippen LogP contribution in [0.2, 0.25) is 0 Å². The van der Waals surface area contributed by atoms with E-state index in [9.17, 15) is 4.79 Å². The summed E-state index contributed by atoms with van der Waals surface area (Å²) in [6, 6.07) is 0. The maximum absolute atomic E-state index is 10.8. The van der Waals surface area contributed by atoms with E-state index in [0.29, 0.717) is 18.6 Å². The average molecular weight is 137 g/mol. The van der Waals surface area contributed by atoms with E-state index in [1.165, 1.54) is 0 Å². The van der Waals surface area contributed by atoms with Crippen LogP contribution in [0.25, 0.3) is 4.85 Å². The molecule has 1 saturated carbocycles. The topological polar surface area (TPSA) is 21.4 Å². The molecule has 1 aliphatic carbocycles. The second-order valence-electron chi connectivity index (χ2n) is 3.15. The number of nitrogens with zero attached hydrogens (tertiary/aromatic N) is 1. The van der Waals surface area contributed by atoms with Gasteiger partial charge in [-0.25, -0.2) is 6.57 Å². The van der Waals surface area contributed by atoms with Gasteiger partial charge in [0.05, 0.1) is 0 Å². The second-order valence-corrected chi connectivity index (χ2v) is 3.15. The van der Waals surface area contributed by atoms with E-state index in [2.05, 4.69) is 4.85 Å². The summed E-state index contributed by atoms with van der Waals surface area (Å²) in [6.45, 7) is 8.81. The maximum Gasteiger partial charge on any atom is 0.230 e. The summed E-state index contributed by atoms with van der Waals surface area (Å²) in [7, 11) is 0. The van der Waals surface area contributed by atoms with Crippen LogP contribution < -0.4 is 0 Å². The molecule has 54 valence electrons. The molecular formula is C8H11NO. The van der Waals surface area contributed by atoms with Crippen LogP contribution in [0.5, 0.6) is 0 Å². The minimum Gasteiger partial charge on any atom is -0.311 e. The molecule has 1 fully saturated rings. The quantitative estimate of drug-likeness (QED) is 0.466. The maximum atomic E-state index is 10.8. The third kappa shape index (κ3) is 1.36. The van der Waals surface area contributed by atoms with Crippen molar-refractivity contribution in [2.24, 2.45) is 0 Å². The van der Waals surface area contributed by atoms with Gasteiger partial charge in [-0.1, -0.05) is 0 Å². The minimum absolute atomic E-state index is 0.228. The largest absolute Gasteiger partial charge is 0.311 e. The van der Waals surface area contributed by atoms with Gasteiger partial charge in [0.15, 0.2) is 0 Å². The lowest BCUT2D eigenvalue weighted by Crippen LogP contribution is -2.27. The number of carbonyl (C=O) groups is 1. The van der Waals surface area contributed by atoms with Crippen LogP contribution in [0.4, 0.5) is 0 Å². The first-order valence-corrected chi connectivity index (χ1v) is 3.57. The van der Waals surface area contributed by atoms with Crippen molar-refractivity contribution in [1.29, 1.82) is 0 Å². The zero-order valence-corrected chi connectivity index (χ0v) is 6.18. The Labute approximate surface area is 61.1 Å². The van der Waals surface area contributed by atoms with E-state index in [1.54, 1.807) is 0 Å². The Morgan fingerprint density at radius 2 is 2.00 bits per heavy atom. The SMILES string of the molecule is [C-]#[N+]C1(C)CCC(=O)CC1. The molecule has 0 saturated heterocycles. The summed E-state index contributed by atoms with van der Waals surface area (Å²) in [4.78, 5) is 14.3. The lowest BCUT2D eigenvalue weighted by molar-refractivity contribution is -0.120. The fourth-order valence-electron chi connectivity index (χ4n) is 1.18. The highest BCUT2D eigenvalue weighted by Crippen LogP contribution is 2.28. The number of hydrogen-bond acceptors (Lipinski definition) is 1. The van der Waals surface area contributed by atoms with E-state index in [1.807, 2.05) is 6.92 Å². The molecule has 0 aromatic heterocycles. The second kappa shape index (κ2) is 2.42. The molecule has 0 aromatic carbocycles. The van der Waals surface area contributed by atoms with Crippen molar-refractivity contribution in [3.05, 3.63) is 11.4 Å². The molecule has 0 unspecified atom stereocenters. The van der Waals surface area contributed by atoms with E-state index in [-0.39, 0.29) is 5.54 Å². The van der Waals surface area contributed by atoms with Crippen LogP contribution in [0, 0.1) is 6.57 Å². The molecule has 1 rings (SSSR count). The van der Waals surface area contributed by atoms with Crippen molar-refractivity contribution >= 4 is 5.78 Å². The molecule has 0 aliphatic heterocycles. The summed E-state index contributed by atoms with van der Waals surface area (Å²) in [5.74, 6) is 0.320. The monoisotopic (exact) mass is 137 g/mol. The Morgan fingerprint density at radius 1 is 1.50 bits per heavy atom. The molecule has 0 radical (unpaired) electrons. The highest BCUT2D eigenvalue weighted by Gasteiger charge is 2.34. The Bertz CT molecular complexity index is 180. The van der Waals surface area contributed by atoms with Crippen molar-refractivity contribution in [1.82, 2.24) is 0 Å². The van der Waals surface area contributed by atoms with Crippen molar-refractivity contribution in [3.63, 3.8) is 0 Å². The van der Waals surface area contributed by atoms with Crippen molar-refractivity contribution < 1.29 is 4.79 Å². The van der Waals surface area contributed by atoms with Gasteiger partial charge in [-0.2, -0.15) is 0 Å². The molecule has 0 aromatic rings. The van der Waals surface area contributed by atoms with Gasteiger partial charge < -0.3 is 4.85 Å². The van der Waals surface area contributed by atoms with Crippen LogP contribution in [-0.2, 0) is 4.79 Å². The molecule has 0 atom stereocenters. The standard InChI is InChI=1S/C8H11NO/c1-8(9-2)5-3-7(10)4-6-8/h3-6H2,1H3. The highest BCUT2D eigenvalue weighted by atomic mass is 16.1. The Hall–Kier alpha value is -0.840. The van der Waals surface area contributed by atoms with Crippen LogP contribution in [0.3, 0.4) is 0 Å². The molecule has 0 bridgehead atoms. The van der Waals surface area contributed by atoms with Crippen LogP contribution in [0.15, 0.2) is 0 Å². The first-order chi connectivity index (χ1) is 4.66. The Balaban J connectivity index is 2.56. The highest BCUT2D eigenvalue weighted by molar-refractivity contribution is 5.79. The number of ketones is 1. The van der Waals surface area contributed by atoms with Crippen LogP contribution >= 0.6 is 0 Å². The number of Topliss-reactive ketones (excluding diaryl/α,β-unsaturated/α-hetero) is 1. The van der Waals surface area contributed by atoms with E-state index >= 15 is 0 Å². The summed E-state index contributed by atoms with van der Waals surface area (Å²) in [5.41, 5.74) is -0.228. The van der Waals surface area contributed by atoms with Gasteiger partial charge in [-0.05, 0) is 0 Å². The lowest BCUT2D eigenvalue weighted by Gasteiger charge is -2.20. The predicted molar refractivity (Wildman–Crippen MR) is 38.5 cm³/mol. The fraction of sp³-hybridized carbons (Fsp3) is 0.750. The van der Waals surface area contributed by atoms with E-state index in [4.69, 9.17) is 6.57 Å². The van der Waals surface area contributed by atoms with E-state index < -0.39 is 0 Å². The molecule has 0 heterocycles. The summed E-state index contributed by atoms with van der Waals surface area (Å²) in [5, 5.41) is 0.